The second-order valence-electron chi connectivity index (χ2n) is 6.54. The van der Waals surface area contributed by atoms with Gasteiger partial charge in [-0.15, -0.1) is 5.06 Å². The molecule has 1 unspecified atom stereocenters. The average Bonchev–Trinajstić information content (AvgIpc) is 2.89. The summed E-state index contributed by atoms with van der Waals surface area (Å²) in [4.78, 5) is 64.1. The van der Waals surface area contributed by atoms with Crippen LogP contribution >= 0.6 is 0 Å². The standard InChI is InChI=1S/C17H28N4O6/c1-12(22)18-10-5-4-6-13(20(2)3)17(26)19-11-9-16(25)27-21-14(23)7-8-15(21)24/h13H,4-11H2,1-3H3,(H,18,22)(H,19,26). The van der Waals surface area contributed by atoms with Gasteiger partial charge in [0.05, 0.1) is 12.5 Å². The van der Waals surface area contributed by atoms with Gasteiger partial charge in [0.15, 0.2) is 0 Å². The maximum absolute atomic E-state index is 12.3. The van der Waals surface area contributed by atoms with Gasteiger partial charge in [-0.3, -0.25) is 24.1 Å². The quantitative estimate of drug-likeness (QED) is 0.358. The van der Waals surface area contributed by atoms with Crippen LogP contribution in [0.15, 0.2) is 0 Å². The van der Waals surface area contributed by atoms with E-state index in [1.54, 1.807) is 19.0 Å². The van der Waals surface area contributed by atoms with Crippen molar-refractivity contribution < 1.29 is 28.8 Å². The predicted octanol–water partition coefficient (Wildman–Crippen LogP) is -0.663. The Kier molecular flexibility index (Phi) is 9.41. The summed E-state index contributed by atoms with van der Waals surface area (Å²) in [7, 11) is 3.58. The normalized spacial score (nSPS) is 15.0. The second-order valence-corrected chi connectivity index (χ2v) is 6.54. The van der Waals surface area contributed by atoms with Crippen LogP contribution in [0.4, 0.5) is 0 Å². The molecule has 27 heavy (non-hydrogen) atoms. The Bertz CT molecular complexity index is 562. The molecule has 0 aliphatic carbocycles. The number of carbonyl (C=O) groups excluding carboxylic acids is 5. The Hall–Kier alpha value is -2.49. The molecule has 1 saturated heterocycles. The number of hydrogen-bond donors (Lipinski definition) is 2. The van der Waals surface area contributed by atoms with E-state index < -0.39 is 17.8 Å². The number of hydroxylamine groups is 2. The van der Waals surface area contributed by atoms with Crippen molar-refractivity contribution >= 4 is 29.6 Å². The average molecular weight is 384 g/mol. The zero-order chi connectivity index (χ0) is 20.4. The Balaban J connectivity index is 2.30. The number of unbranched alkanes of at least 4 members (excludes halogenated alkanes) is 1. The molecule has 1 aliphatic heterocycles. The maximum Gasteiger partial charge on any atom is 0.334 e. The molecule has 0 radical (unpaired) electrons. The SMILES string of the molecule is CC(=O)NCCCCC(C(=O)NCCC(=O)ON1C(=O)CCC1=O)N(C)C. The number of hydrogen-bond acceptors (Lipinski definition) is 7. The lowest BCUT2D eigenvalue weighted by Crippen LogP contribution is -2.44. The molecule has 10 heteroatoms. The zero-order valence-corrected chi connectivity index (χ0v) is 16.1. The number of carbonyl (C=O) groups is 5. The number of rotatable bonds is 11. The summed E-state index contributed by atoms with van der Waals surface area (Å²) in [5.41, 5.74) is 0. The van der Waals surface area contributed by atoms with Crippen LogP contribution in [0.25, 0.3) is 0 Å². The summed E-state index contributed by atoms with van der Waals surface area (Å²) >= 11 is 0. The summed E-state index contributed by atoms with van der Waals surface area (Å²) in [5, 5.41) is 5.85. The van der Waals surface area contributed by atoms with Gasteiger partial charge in [0.1, 0.15) is 0 Å². The highest BCUT2D eigenvalue weighted by molar-refractivity contribution is 6.01. The van der Waals surface area contributed by atoms with E-state index in [1.165, 1.54) is 6.92 Å². The van der Waals surface area contributed by atoms with E-state index in [4.69, 9.17) is 4.84 Å². The van der Waals surface area contributed by atoms with Gasteiger partial charge in [-0.05, 0) is 33.4 Å². The Morgan fingerprint density at radius 1 is 1.07 bits per heavy atom. The van der Waals surface area contributed by atoms with Crippen LogP contribution in [0, 0.1) is 0 Å². The molecular weight excluding hydrogens is 356 g/mol. The summed E-state index contributed by atoms with van der Waals surface area (Å²) in [5.74, 6) is -2.13. The summed E-state index contributed by atoms with van der Waals surface area (Å²) < 4.78 is 0. The molecule has 0 aromatic heterocycles. The van der Waals surface area contributed by atoms with Crippen LogP contribution in [0.3, 0.4) is 0 Å². The van der Waals surface area contributed by atoms with E-state index in [2.05, 4.69) is 10.6 Å². The molecule has 0 saturated carbocycles. The molecule has 10 nitrogen and oxygen atoms in total. The van der Waals surface area contributed by atoms with Gasteiger partial charge in [0.25, 0.3) is 11.8 Å². The number of nitrogens with zero attached hydrogens (tertiary/aromatic N) is 2. The van der Waals surface area contributed by atoms with Crippen LogP contribution in [-0.4, -0.2) is 72.8 Å². The Labute approximate surface area is 158 Å². The van der Waals surface area contributed by atoms with Gasteiger partial charge in [-0.1, -0.05) is 0 Å². The first kappa shape index (κ1) is 22.6. The molecule has 0 aromatic carbocycles. The number of likely N-dealkylation sites (N-methyl/N-ethyl adjacent to an activating group) is 1. The van der Waals surface area contributed by atoms with Crippen LogP contribution in [0.2, 0.25) is 0 Å². The summed E-state index contributed by atoms with van der Waals surface area (Å²) in [6, 6.07) is -0.361. The molecule has 1 fully saturated rings. The smallest absolute Gasteiger partial charge is 0.334 e. The van der Waals surface area contributed by atoms with E-state index in [0.717, 1.165) is 12.8 Å². The lowest BCUT2D eigenvalue weighted by molar-refractivity contribution is -0.197. The first-order valence-corrected chi connectivity index (χ1v) is 8.97. The van der Waals surface area contributed by atoms with Crippen molar-refractivity contribution in [1.29, 1.82) is 0 Å². The Morgan fingerprint density at radius 3 is 2.26 bits per heavy atom. The van der Waals surface area contributed by atoms with Crippen molar-refractivity contribution in [2.45, 2.75) is 51.5 Å². The van der Waals surface area contributed by atoms with Crippen molar-refractivity contribution in [3.8, 4) is 0 Å². The van der Waals surface area contributed by atoms with Gasteiger partial charge in [-0.2, -0.15) is 0 Å². The molecule has 2 N–H and O–H groups in total. The fourth-order valence-corrected chi connectivity index (χ4v) is 2.56. The van der Waals surface area contributed by atoms with E-state index in [9.17, 15) is 24.0 Å². The molecule has 0 spiro atoms. The summed E-state index contributed by atoms with van der Waals surface area (Å²) in [6.07, 6.45) is 2.06. The van der Waals surface area contributed by atoms with Gasteiger partial charge >= 0.3 is 5.97 Å². The second kappa shape index (κ2) is 11.3. The minimum absolute atomic E-state index is 0.0370. The molecule has 152 valence electrons. The van der Waals surface area contributed by atoms with Crippen molar-refractivity contribution in [3.05, 3.63) is 0 Å². The van der Waals surface area contributed by atoms with Crippen molar-refractivity contribution in [3.63, 3.8) is 0 Å². The molecule has 0 aromatic rings. The molecule has 1 atom stereocenters. The first-order chi connectivity index (χ1) is 12.7. The highest BCUT2D eigenvalue weighted by atomic mass is 16.7. The van der Waals surface area contributed by atoms with Crippen LogP contribution in [0.5, 0.6) is 0 Å². The zero-order valence-electron chi connectivity index (χ0n) is 16.1. The molecule has 1 rings (SSSR count). The Morgan fingerprint density at radius 2 is 1.70 bits per heavy atom. The number of imide groups is 1. The first-order valence-electron chi connectivity index (χ1n) is 8.97. The van der Waals surface area contributed by atoms with Crippen LogP contribution < -0.4 is 10.6 Å². The monoisotopic (exact) mass is 384 g/mol. The van der Waals surface area contributed by atoms with E-state index in [1.807, 2.05) is 0 Å². The predicted molar refractivity (Wildman–Crippen MR) is 94.8 cm³/mol. The third-order valence-corrected chi connectivity index (χ3v) is 4.03. The third kappa shape index (κ3) is 8.16. The van der Waals surface area contributed by atoms with Gasteiger partial charge in [0.2, 0.25) is 11.8 Å². The lowest BCUT2D eigenvalue weighted by Gasteiger charge is -2.23. The number of amides is 4. The fourth-order valence-electron chi connectivity index (χ4n) is 2.56. The minimum Gasteiger partial charge on any atom is -0.356 e. The van der Waals surface area contributed by atoms with E-state index in [-0.39, 0.29) is 43.7 Å². The molecule has 4 amide bonds. The molecular formula is C17H28N4O6. The topological polar surface area (TPSA) is 125 Å². The van der Waals surface area contributed by atoms with Crippen LogP contribution in [-0.2, 0) is 28.8 Å². The molecule has 1 heterocycles. The fraction of sp³-hybridized carbons (Fsp3) is 0.706. The maximum atomic E-state index is 12.3. The number of nitrogens with one attached hydrogen (secondary N) is 2. The van der Waals surface area contributed by atoms with Crippen molar-refractivity contribution in [2.24, 2.45) is 0 Å². The highest BCUT2D eigenvalue weighted by Gasteiger charge is 2.32. The van der Waals surface area contributed by atoms with E-state index in [0.29, 0.717) is 18.0 Å². The van der Waals surface area contributed by atoms with Crippen molar-refractivity contribution in [1.82, 2.24) is 20.6 Å². The third-order valence-electron chi connectivity index (χ3n) is 4.03. The van der Waals surface area contributed by atoms with Gasteiger partial charge in [0, 0.05) is 32.9 Å². The lowest BCUT2D eigenvalue weighted by atomic mass is 10.1. The summed E-state index contributed by atoms with van der Waals surface area (Å²) in [6.45, 7) is 2.07. The van der Waals surface area contributed by atoms with Gasteiger partial charge in [-0.25, -0.2) is 4.79 Å². The molecule has 1 aliphatic rings. The largest absolute Gasteiger partial charge is 0.356 e. The van der Waals surface area contributed by atoms with Crippen molar-refractivity contribution in [2.75, 3.05) is 27.2 Å². The minimum atomic E-state index is -0.754. The van der Waals surface area contributed by atoms with Crippen LogP contribution in [0.1, 0.15) is 45.4 Å². The van der Waals surface area contributed by atoms with Gasteiger partial charge < -0.3 is 15.5 Å². The van der Waals surface area contributed by atoms with E-state index >= 15 is 0 Å². The molecule has 0 bridgehead atoms. The highest BCUT2D eigenvalue weighted by Crippen LogP contribution is 2.12.